The molecule has 0 bridgehead atoms. The van der Waals surface area contributed by atoms with Crippen molar-refractivity contribution < 1.29 is 4.79 Å². The van der Waals surface area contributed by atoms with Gasteiger partial charge in [0, 0.05) is 11.5 Å². The predicted octanol–water partition coefficient (Wildman–Crippen LogP) is 1.70. The second kappa shape index (κ2) is 3.09. The maximum Gasteiger partial charge on any atom is 0.126 e. The second-order valence-electron chi connectivity index (χ2n) is 5.00. The minimum absolute atomic E-state index is 0.0783. The summed E-state index contributed by atoms with van der Waals surface area (Å²) >= 11 is 0. The fraction of sp³-hybridized carbons (Fsp3) is 0.909. The molecule has 2 nitrogen and oxygen atoms in total. The molecule has 3 unspecified atom stereocenters. The standard InChI is InChI=1S/C11H19NO/c1-12(2)10-6-9-4-3-5-11(9,7-10)8-13/h8-10H,3-7H2,1-2H3. The Hall–Kier alpha value is -0.370. The van der Waals surface area contributed by atoms with Crippen molar-refractivity contribution in [2.75, 3.05) is 14.1 Å². The highest BCUT2D eigenvalue weighted by atomic mass is 16.1. The molecule has 0 spiro atoms. The fourth-order valence-electron chi connectivity index (χ4n) is 3.24. The maximum atomic E-state index is 11.2. The smallest absolute Gasteiger partial charge is 0.126 e. The maximum absolute atomic E-state index is 11.2. The lowest BCUT2D eigenvalue weighted by Crippen LogP contribution is -2.27. The highest BCUT2D eigenvalue weighted by molar-refractivity contribution is 5.61. The zero-order chi connectivity index (χ0) is 9.47. The molecule has 0 aromatic rings. The first-order valence-electron chi connectivity index (χ1n) is 5.31. The van der Waals surface area contributed by atoms with E-state index in [-0.39, 0.29) is 5.41 Å². The zero-order valence-electron chi connectivity index (χ0n) is 8.62. The lowest BCUT2D eigenvalue weighted by Gasteiger charge is -2.23. The van der Waals surface area contributed by atoms with Crippen LogP contribution < -0.4 is 0 Å². The van der Waals surface area contributed by atoms with E-state index >= 15 is 0 Å². The Morgan fingerprint density at radius 2 is 2.23 bits per heavy atom. The van der Waals surface area contributed by atoms with Gasteiger partial charge in [-0.3, -0.25) is 0 Å². The van der Waals surface area contributed by atoms with Crippen LogP contribution in [0.5, 0.6) is 0 Å². The average molecular weight is 181 g/mol. The van der Waals surface area contributed by atoms with Crippen LogP contribution in [0.1, 0.15) is 32.1 Å². The third-order valence-corrected chi connectivity index (χ3v) is 4.15. The van der Waals surface area contributed by atoms with Gasteiger partial charge >= 0.3 is 0 Å². The lowest BCUT2D eigenvalue weighted by molar-refractivity contribution is -0.117. The summed E-state index contributed by atoms with van der Waals surface area (Å²) in [6.45, 7) is 0. The Balaban J connectivity index is 2.13. The first-order chi connectivity index (χ1) is 6.18. The van der Waals surface area contributed by atoms with Crippen LogP contribution in [0, 0.1) is 11.3 Å². The molecular formula is C11H19NO. The summed E-state index contributed by atoms with van der Waals surface area (Å²) in [5, 5.41) is 0. The van der Waals surface area contributed by atoms with Crippen LogP contribution in [0.15, 0.2) is 0 Å². The van der Waals surface area contributed by atoms with E-state index in [1.165, 1.54) is 25.5 Å². The van der Waals surface area contributed by atoms with E-state index in [0.29, 0.717) is 12.0 Å². The Morgan fingerprint density at radius 1 is 1.46 bits per heavy atom. The molecule has 0 N–H and O–H groups in total. The molecule has 0 heterocycles. The summed E-state index contributed by atoms with van der Waals surface area (Å²) in [6.07, 6.45) is 7.30. The van der Waals surface area contributed by atoms with Crippen LogP contribution in [0.2, 0.25) is 0 Å². The van der Waals surface area contributed by atoms with E-state index in [0.717, 1.165) is 12.8 Å². The van der Waals surface area contributed by atoms with Gasteiger partial charge in [0.15, 0.2) is 0 Å². The van der Waals surface area contributed by atoms with Gasteiger partial charge < -0.3 is 9.69 Å². The number of hydrogen-bond acceptors (Lipinski definition) is 2. The molecule has 2 fully saturated rings. The monoisotopic (exact) mass is 181 g/mol. The zero-order valence-corrected chi connectivity index (χ0v) is 8.62. The molecule has 0 amide bonds. The summed E-state index contributed by atoms with van der Waals surface area (Å²) in [4.78, 5) is 13.4. The normalized spacial score (nSPS) is 43.9. The van der Waals surface area contributed by atoms with E-state index in [9.17, 15) is 4.79 Å². The summed E-state index contributed by atoms with van der Waals surface area (Å²) in [6, 6.07) is 0.649. The minimum Gasteiger partial charge on any atom is -0.306 e. The molecule has 2 aliphatic rings. The Kier molecular flexibility index (Phi) is 2.18. The molecule has 2 rings (SSSR count). The molecule has 0 aromatic carbocycles. The van der Waals surface area contributed by atoms with Gasteiger partial charge in [-0.1, -0.05) is 6.42 Å². The lowest BCUT2D eigenvalue weighted by atomic mass is 9.82. The molecule has 13 heavy (non-hydrogen) atoms. The van der Waals surface area contributed by atoms with E-state index < -0.39 is 0 Å². The Morgan fingerprint density at radius 3 is 2.77 bits per heavy atom. The van der Waals surface area contributed by atoms with Gasteiger partial charge in [0.1, 0.15) is 6.29 Å². The quantitative estimate of drug-likeness (QED) is 0.604. The molecule has 2 aliphatic carbocycles. The predicted molar refractivity (Wildman–Crippen MR) is 52.5 cm³/mol. The average Bonchev–Trinajstić information content (AvgIpc) is 2.58. The van der Waals surface area contributed by atoms with Crippen molar-refractivity contribution >= 4 is 6.29 Å². The highest BCUT2D eigenvalue weighted by Crippen LogP contribution is 2.53. The van der Waals surface area contributed by atoms with E-state index in [1.807, 2.05) is 0 Å². The molecule has 0 aliphatic heterocycles. The number of carbonyl (C=O) groups is 1. The van der Waals surface area contributed by atoms with E-state index in [1.54, 1.807) is 0 Å². The van der Waals surface area contributed by atoms with Crippen LogP contribution in [0.4, 0.5) is 0 Å². The fourth-order valence-corrected chi connectivity index (χ4v) is 3.24. The molecule has 0 aromatic heterocycles. The number of aldehydes is 1. The minimum atomic E-state index is 0.0783. The van der Waals surface area contributed by atoms with E-state index in [2.05, 4.69) is 19.0 Å². The van der Waals surface area contributed by atoms with Crippen molar-refractivity contribution in [1.82, 2.24) is 4.90 Å². The summed E-state index contributed by atoms with van der Waals surface area (Å²) in [5.41, 5.74) is 0.0783. The van der Waals surface area contributed by atoms with Crippen molar-refractivity contribution in [2.45, 2.75) is 38.1 Å². The molecule has 3 atom stereocenters. The molecule has 0 radical (unpaired) electrons. The summed E-state index contributed by atoms with van der Waals surface area (Å²) in [7, 11) is 4.26. The molecule has 2 heteroatoms. The van der Waals surface area contributed by atoms with E-state index in [4.69, 9.17) is 0 Å². The number of fused-ring (bicyclic) bond motifs is 1. The molecular weight excluding hydrogens is 162 g/mol. The Labute approximate surface area is 80.3 Å². The number of hydrogen-bond donors (Lipinski definition) is 0. The third-order valence-electron chi connectivity index (χ3n) is 4.15. The third kappa shape index (κ3) is 1.32. The largest absolute Gasteiger partial charge is 0.306 e. The van der Waals surface area contributed by atoms with Crippen LogP contribution in [0.25, 0.3) is 0 Å². The van der Waals surface area contributed by atoms with Crippen molar-refractivity contribution in [1.29, 1.82) is 0 Å². The van der Waals surface area contributed by atoms with Gasteiger partial charge in [0.05, 0.1) is 0 Å². The first kappa shape index (κ1) is 9.20. The molecule has 0 saturated heterocycles. The SMILES string of the molecule is CN(C)C1CC2CCCC2(C=O)C1. The van der Waals surface area contributed by atoms with Gasteiger partial charge in [-0.05, 0) is 45.7 Å². The molecule has 74 valence electrons. The van der Waals surface area contributed by atoms with Gasteiger partial charge in [0.25, 0.3) is 0 Å². The van der Waals surface area contributed by atoms with Gasteiger partial charge in [-0.2, -0.15) is 0 Å². The van der Waals surface area contributed by atoms with Crippen LogP contribution in [-0.2, 0) is 4.79 Å². The molecule has 2 saturated carbocycles. The highest BCUT2D eigenvalue weighted by Gasteiger charge is 2.50. The summed E-state index contributed by atoms with van der Waals surface area (Å²) in [5.74, 6) is 0.692. The van der Waals surface area contributed by atoms with Gasteiger partial charge in [-0.25, -0.2) is 0 Å². The number of carbonyl (C=O) groups excluding carboxylic acids is 1. The van der Waals surface area contributed by atoms with Crippen LogP contribution in [0.3, 0.4) is 0 Å². The Bertz CT molecular complexity index is 214. The van der Waals surface area contributed by atoms with Crippen molar-refractivity contribution in [3.63, 3.8) is 0 Å². The van der Waals surface area contributed by atoms with Crippen LogP contribution >= 0.6 is 0 Å². The van der Waals surface area contributed by atoms with Gasteiger partial charge in [-0.15, -0.1) is 0 Å². The van der Waals surface area contributed by atoms with Crippen molar-refractivity contribution in [2.24, 2.45) is 11.3 Å². The number of nitrogens with zero attached hydrogens (tertiary/aromatic N) is 1. The second-order valence-corrected chi connectivity index (χ2v) is 5.00. The van der Waals surface area contributed by atoms with Crippen molar-refractivity contribution in [3.05, 3.63) is 0 Å². The summed E-state index contributed by atoms with van der Waals surface area (Å²) < 4.78 is 0. The van der Waals surface area contributed by atoms with Crippen LogP contribution in [-0.4, -0.2) is 31.3 Å². The topological polar surface area (TPSA) is 20.3 Å². The van der Waals surface area contributed by atoms with Gasteiger partial charge in [0.2, 0.25) is 0 Å². The number of rotatable bonds is 2. The van der Waals surface area contributed by atoms with Crippen molar-refractivity contribution in [3.8, 4) is 0 Å². The first-order valence-corrected chi connectivity index (χ1v) is 5.31.